The van der Waals surface area contributed by atoms with Crippen LogP contribution in [0, 0.1) is 5.82 Å². The SMILES string of the molecule is NC1=NC(N)(Cc2c(F)cccc2Cl)N=C(c2ccc3cn[nH]c3c2)N1. The number of aromatic amines is 1. The normalized spacial score (nSPS) is 19.8. The van der Waals surface area contributed by atoms with E-state index >= 15 is 0 Å². The van der Waals surface area contributed by atoms with Gasteiger partial charge in [0.15, 0.2) is 5.96 Å². The van der Waals surface area contributed by atoms with E-state index in [1.807, 2.05) is 18.2 Å². The Morgan fingerprint density at radius 3 is 2.85 bits per heavy atom. The van der Waals surface area contributed by atoms with Crippen LogP contribution < -0.4 is 16.8 Å². The average molecular weight is 372 g/mol. The molecule has 0 fully saturated rings. The molecular formula is C17H15ClFN7. The summed E-state index contributed by atoms with van der Waals surface area (Å²) < 4.78 is 14.1. The van der Waals surface area contributed by atoms with Crippen molar-refractivity contribution in [3.63, 3.8) is 0 Å². The summed E-state index contributed by atoms with van der Waals surface area (Å²) in [6, 6.07) is 10.1. The molecule has 0 saturated heterocycles. The number of nitrogens with zero attached hydrogens (tertiary/aromatic N) is 3. The second-order valence-corrected chi connectivity index (χ2v) is 6.42. The first kappa shape index (κ1) is 16.5. The molecule has 3 aromatic rings. The summed E-state index contributed by atoms with van der Waals surface area (Å²) in [7, 11) is 0. The van der Waals surface area contributed by atoms with Crippen molar-refractivity contribution < 1.29 is 4.39 Å². The van der Waals surface area contributed by atoms with Gasteiger partial charge < -0.3 is 11.1 Å². The Balaban J connectivity index is 1.74. The molecule has 2 aromatic carbocycles. The Hall–Kier alpha value is -2.97. The number of nitrogens with one attached hydrogen (secondary N) is 2. The Bertz CT molecular complexity index is 1040. The number of aliphatic imine (C=N–C) groups is 2. The maximum absolute atomic E-state index is 14.1. The van der Waals surface area contributed by atoms with E-state index in [1.165, 1.54) is 12.1 Å². The maximum Gasteiger partial charge on any atom is 0.212 e. The molecule has 0 spiro atoms. The van der Waals surface area contributed by atoms with Gasteiger partial charge in [-0.05, 0) is 18.2 Å². The third kappa shape index (κ3) is 3.00. The quantitative estimate of drug-likeness (QED) is 0.562. The molecule has 0 bridgehead atoms. The van der Waals surface area contributed by atoms with E-state index in [9.17, 15) is 4.39 Å². The lowest BCUT2D eigenvalue weighted by Gasteiger charge is -2.28. The molecule has 1 aliphatic heterocycles. The fourth-order valence-electron chi connectivity index (χ4n) is 2.87. The van der Waals surface area contributed by atoms with Crippen molar-refractivity contribution in [3.8, 4) is 0 Å². The first-order valence-corrected chi connectivity index (χ1v) is 8.19. The predicted molar refractivity (Wildman–Crippen MR) is 99.4 cm³/mol. The van der Waals surface area contributed by atoms with Crippen molar-refractivity contribution >= 4 is 34.3 Å². The van der Waals surface area contributed by atoms with Crippen LogP contribution in [0.25, 0.3) is 10.9 Å². The van der Waals surface area contributed by atoms with Crippen LogP contribution in [0.3, 0.4) is 0 Å². The van der Waals surface area contributed by atoms with E-state index in [0.717, 1.165) is 16.5 Å². The number of H-pyrrole nitrogens is 1. The summed E-state index contributed by atoms with van der Waals surface area (Å²) in [4.78, 5) is 8.61. The number of hydrogen-bond acceptors (Lipinski definition) is 6. The van der Waals surface area contributed by atoms with Crippen molar-refractivity contribution in [2.75, 3.05) is 0 Å². The maximum atomic E-state index is 14.1. The predicted octanol–water partition coefficient (Wildman–Crippen LogP) is 1.88. The molecular weight excluding hydrogens is 357 g/mol. The number of aromatic nitrogens is 2. The van der Waals surface area contributed by atoms with Crippen molar-refractivity contribution in [2.24, 2.45) is 21.5 Å². The number of guanidine groups is 1. The van der Waals surface area contributed by atoms with Gasteiger partial charge in [-0.2, -0.15) is 5.10 Å². The summed E-state index contributed by atoms with van der Waals surface area (Å²) >= 11 is 6.10. The Morgan fingerprint density at radius 2 is 2.04 bits per heavy atom. The van der Waals surface area contributed by atoms with Crippen molar-refractivity contribution in [2.45, 2.75) is 12.2 Å². The van der Waals surface area contributed by atoms with Gasteiger partial charge in [0, 0.05) is 28.0 Å². The summed E-state index contributed by atoms with van der Waals surface area (Å²) in [6.07, 6.45) is 1.69. The van der Waals surface area contributed by atoms with Gasteiger partial charge in [-0.15, -0.1) is 0 Å². The molecule has 6 N–H and O–H groups in total. The smallest absolute Gasteiger partial charge is 0.212 e. The van der Waals surface area contributed by atoms with Crippen LogP contribution in [-0.4, -0.2) is 27.8 Å². The van der Waals surface area contributed by atoms with E-state index in [2.05, 4.69) is 25.5 Å². The summed E-state index contributed by atoms with van der Waals surface area (Å²) in [6.45, 7) is 0. The van der Waals surface area contributed by atoms with E-state index in [-0.39, 0.29) is 23.0 Å². The van der Waals surface area contributed by atoms with E-state index in [0.29, 0.717) is 5.84 Å². The number of benzene rings is 2. The molecule has 0 saturated carbocycles. The van der Waals surface area contributed by atoms with Crippen LogP contribution in [0.15, 0.2) is 52.6 Å². The first-order valence-electron chi connectivity index (χ1n) is 7.81. The monoisotopic (exact) mass is 371 g/mol. The minimum atomic E-state index is -1.47. The highest BCUT2D eigenvalue weighted by molar-refractivity contribution is 6.31. The number of amidine groups is 1. The zero-order valence-corrected chi connectivity index (χ0v) is 14.3. The second kappa shape index (κ2) is 6.08. The molecule has 1 unspecified atom stereocenters. The molecule has 1 aromatic heterocycles. The minimum Gasteiger partial charge on any atom is -0.370 e. The molecule has 1 atom stereocenters. The van der Waals surface area contributed by atoms with Crippen molar-refractivity contribution in [1.82, 2.24) is 15.5 Å². The largest absolute Gasteiger partial charge is 0.370 e. The molecule has 1 aliphatic rings. The zero-order chi connectivity index (χ0) is 18.3. The van der Waals surface area contributed by atoms with Crippen LogP contribution in [0.5, 0.6) is 0 Å². The molecule has 132 valence electrons. The summed E-state index contributed by atoms with van der Waals surface area (Å²) in [5, 5.41) is 11.0. The topological polar surface area (TPSA) is 117 Å². The zero-order valence-electron chi connectivity index (χ0n) is 13.5. The van der Waals surface area contributed by atoms with Gasteiger partial charge in [0.1, 0.15) is 11.7 Å². The van der Waals surface area contributed by atoms with E-state index < -0.39 is 11.6 Å². The highest BCUT2D eigenvalue weighted by Gasteiger charge is 2.31. The van der Waals surface area contributed by atoms with Gasteiger partial charge in [-0.3, -0.25) is 10.8 Å². The minimum absolute atomic E-state index is 0.0311. The lowest BCUT2D eigenvalue weighted by molar-refractivity contribution is 0.447. The first-order chi connectivity index (χ1) is 12.4. The van der Waals surface area contributed by atoms with Crippen molar-refractivity contribution in [3.05, 3.63) is 64.6 Å². The highest BCUT2D eigenvalue weighted by Crippen LogP contribution is 2.26. The number of nitrogens with two attached hydrogens (primary N) is 2. The standard InChI is InChI=1S/C17H15ClFN7/c18-12-2-1-3-13(19)11(12)7-17(21)24-15(23-16(20)25-17)9-4-5-10-8-22-26-14(10)6-9/h1-6,8H,7,21H2,(H,22,26)(H3,20,23,24,25). The van der Waals surface area contributed by atoms with Gasteiger partial charge in [-0.1, -0.05) is 29.8 Å². The van der Waals surface area contributed by atoms with Crippen LogP contribution in [0.1, 0.15) is 11.1 Å². The van der Waals surface area contributed by atoms with Gasteiger partial charge in [-0.25, -0.2) is 14.4 Å². The van der Waals surface area contributed by atoms with E-state index in [4.69, 9.17) is 23.1 Å². The van der Waals surface area contributed by atoms with Crippen molar-refractivity contribution in [1.29, 1.82) is 0 Å². The fourth-order valence-corrected chi connectivity index (χ4v) is 3.10. The molecule has 0 aliphatic carbocycles. The molecule has 26 heavy (non-hydrogen) atoms. The number of halogens is 2. The number of hydrogen-bond donors (Lipinski definition) is 4. The second-order valence-electron chi connectivity index (χ2n) is 6.01. The van der Waals surface area contributed by atoms with Gasteiger partial charge in [0.05, 0.1) is 11.7 Å². The Labute approximate surface area is 153 Å². The van der Waals surface area contributed by atoms with Crippen LogP contribution >= 0.6 is 11.6 Å². The Kier molecular flexibility index (Phi) is 3.86. The molecule has 2 heterocycles. The summed E-state index contributed by atoms with van der Waals surface area (Å²) in [5.41, 5.74) is 14.0. The third-order valence-corrected chi connectivity index (χ3v) is 4.43. The fraction of sp³-hybridized carbons (Fsp3) is 0.118. The van der Waals surface area contributed by atoms with Crippen LogP contribution in [-0.2, 0) is 6.42 Å². The lowest BCUT2D eigenvalue weighted by Crippen LogP contribution is -2.51. The third-order valence-electron chi connectivity index (χ3n) is 4.08. The molecule has 0 radical (unpaired) electrons. The lowest BCUT2D eigenvalue weighted by atomic mass is 10.1. The average Bonchev–Trinajstić information content (AvgIpc) is 3.05. The van der Waals surface area contributed by atoms with Gasteiger partial charge in [0.2, 0.25) is 5.79 Å². The molecule has 7 nitrogen and oxygen atoms in total. The molecule has 0 amide bonds. The molecule has 4 rings (SSSR count). The van der Waals surface area contributed by atoms with Gasteiger partial charge in [0.25, 0.3) is 0 Å². The Morgan fingerprint density at radius 1 is 1.19 bits per heavy atom. The highest BCUT2D eigenvalue weighted by atomic mass is 35.5. The summed E-state index contributed by atoms with van der Waals surface area (Å²) in [5.74, 6) is -1.41. The molecule has 9 heteroatoms. The number of fused-ring (bicyclic) bond motifs is 1. The number of rotatable bonds is 3. The van der Waals surface area contributed by atoms with Crippen LogP contribution in [0.2, 0.25) is 5.02 Å². The van der Waals surface area contributed by atoms with E-state index in [1.54, 1.807) is 12.3 Å². The van der Waals surface area contributed by atoms with Gasteiger partial charge >= 0.3 is 0 Å². The van der Waals surface area contributed by atoms with Crippen LogP contribution in [0.4, 0.5) is 4.39 Å².